The minimum atomic E-state index is -0.709. The lowest BCUT2D eigenvalue weighted by molar-refractivity contribution is -0.385. The Hall–Kier alpha value is -2.02. The predicted molar refractivity (Wildman–Crippen MR) is 66.5 cm³/mol. The van der Waals surface area contributed by atoms with Crippen molar-refractivity contribution >= 4 is 11.6 Å². The van der Waals surface area contributed by atoms with Crippen LogP contribution in [0, 0.1) is 15.9 Å². The van der Waals surface area contributed by atoms with Crippen molar-refractivity contribution < 1.29 is 18.8 Å². The lowest BCUT2D eigenvalue weighted by Crippen LogP contribution is -2.25. The summed E-state index contributed by atoms with van der Waals surface area (Å²) in [6.45, 7) is 0.936. The molecule has 0 aromatic heterocycles. The Labute approximate surface area is 109 Å². The fourth-order valence-corrected chi connectivity index (χ4v) is 1.52. The number of hydrogen-bond acceptors (Lipinski definition) is 4. The van der Waals surface area contributed by atoms with Crippen LogP contribution in [-0.2, 0) is 4.74 Å². The van der Waals surface area contributed by atoms with Crippen molar-refractivity contribution in [1.29, 1.82) is 0 Å². The van der Waals surface area contributed by atoms with E-state index in [0.29, 0.717) is 19.6 Å². The summed E-state index contributed by atoms with van der Waals surface area (Å²) in [6.07, 6.45) is 1.45. The average molecular weight is 270 g/mol. The van der Waals surface area contributed by atoms with Gasteiger partial charge in [-0.3, -0.25) is 14.9 Å². The SMILES string of the molecule is COCCCCNC(=O)c1cc(F)ccc1[N+](=O)[O-]. The van der Waals surface area contributed by atoms with Gasteiger partial charge in [0.2, 0.25) is 0 Å². The quantitative estimate of drug-likeness (QED) is 0.466. The number of benzene rings is 1. The number of halogens is 1. The highest BCUT2D eigenvalue weighted by atomic mass is 19.1. The van der Waals surface area contributed by atoms with Gasteiger partial charge < -0.3 is 10.1 Å². The van der Waals surface area contributed by atoms with Gasteiger partial charge >= 0.3 is 0 Å². The zero-order chi connectivity index (χ0) is 14.3. The molecule has 0 aliphatic heterocycles. The maximum absolute atomic E-state index is 13.0. The number of nitrogens with one attached hydrogen (secondary N) is 1. The molecule has 0 spiro atoms. The second kappa shape index (κ2) is 7.42. The molecule has 104 valence electrons. The molecular formula is C12H15FN2O4. The van der Waals surface area contributed by atoms with Crippen LogP contribution < -0.4 is 5.32 Å². The predicted octanol–water partition coefficient (Wildman–Crippen LogP) is 1.89. The van der Waals surface area contributed by atoms with Crippen LogP contribution in [0.25, 0.3) is 0 Å². The van der Waals surface area contributed by atoms with Crippen molar-refractivity contribution in [3.63, 3.8) is 0 Å². The summed E-state index contributed by atoms with van der Waals surface area (Å²) >= 11 is 0. The first-order chi connectivity index (χ1) is 9.06. The van der Waals surface area contributed by atoms with E-state index in [1.165, 1.54) is 0 Å². The van der Waals surface area contributed by atoms with E-state index in [2.05, 4.69) is 5.32 Å². The van der Waals surface area contributed by atoms with E-state index >= 15 is 0 Å². The monoisotopic (exact) mass is 270 g/mol. The van der Waals surface area contributed by atoms with Crippen LogP contribution in [0.4, 0.5) is 10.1 Å². The smallest absolute Gasteiger partial charge is 0.282 e. The molecule has 1 rings (SSSR count). The van der Waals surface area contributed by atoms with Crippen molar-refractivity contribution in [1.82, 2.24) is 5.32 Å². The third kappa shape index (κ3) is 4.63. The lowest BCUT2D eigenvalue weighted by Gasteiger charge is -2.05. The Balaban J connectivity index is 2.65. The first kappa shape index (κ1) is 15.0. The minimum absolute atomic E-state index is 0.267. The maximum atomic E-state index is 13.0. The second-order valence-corrected chi connectivity index (χ2v) is 3.87. The number of carbonyl (C=O) groups excluding carboxylic acids is 1. The van der Waals surface area contributed by atoms with Crippen molar-refractivity contribution in [2.75, 3.05) is 20.3 Å². The van der Waals surface area contributed by atoms with Crippen LogP contribution in [0.2, 0.25) is 0 Å². The molecule has 0 fully saturated rings. The maximum Gasteiger partial charge on any atom is 0.282 e. The average Bonchev–Trinajstić information content (AvgIpc) is 2.37. The number of ether oxygens (including phenoxy) is 1. The summed E-state index contributed by atoms with van der Waals surface area (Å²) in [5.41, 5.74) is -0.674. The third-order valence-electron chi connectivity index (χ3n) is 2.46. The Morgan fingerprint density at radius 3 is 2.84 bits per heavy atom. The molecule has 0 saturated carbocycles. The molecule has 1 aromatic carbocycles. The fraction of sp³-hybridized carbons (Fsp3) is 0.417. The number of carbonyl (C=O) groups is 1. The zero-order valence-electron chi connectivity index (χ0n) is 10.5. The van der Waals surface area contributed by atoms with Crippen molar-refractivity contribution in [3.8, 4) is 0 Å². The molecule has 0 bridgehead atoms. The normalized spacial score (nSPS) is 10.2. The molecule has 1 aromatic rings. The molecule has 0 heterocycles. The molecule has 1 N–H and O–H groups in total. The number of hydrogen-bond donors (Lipinski definition) is 1. The Kier molecular flexibility index (Phi) is 5.87. The molecule has 1 amide bonds. The van der Waals surface area contributed by atoms with Crippen LogP contribution in [0.15, 0.2) is 18.2 Å². The molecular weight excluding hydrogens is 255 g/mol. The van der Waals surface area contributed by atoms with Crippen molar-refractivity contribution in [3.05, 3.63) is 39.7 Å². The van der Waals surface area contributed by atoms with Gasteiger partial charge in [0, 0.05) is 26.3 Å². The topological polar surface area (TPSA) is 81.5 Å². The molecule has 0 atom stereocenters. The first-order valence-electron chi connectivity index (χ1n) is 5.77. The zero-order valence-corrected chi connectivity index (χ0v) is 10.5. The van der Waals surface area contributed by atoms with Gasteiger partial charge in [-0.2, -0.15) is 0 Å². The van der Waals surface area contributed by atoms with Crippen LogP contribution in [0.5, 0.6) is 0 Å². The first-order valence-corrected chi connectivity index (χ1v) is 5.77. The second-order valence-electron chi connectivity index (χ2n) is 3.87. The summed E-state index contributed by atoms with van der Waals surface area (Å²) in [5.74, 6) is -1.33. The highest BCUT2D eigenvalue weighted by molar-refractivity contribution is 5.98. The van der Waals surface area contributed by atoms with Gasteiger partial charge in [-0.05, 0) is 25.0 Å². The summed E-state index contributed by atoms with van der Waals surface area (Å²) in [6, 6.07) is 2.80. The molecule has 0 unspecified atom stereocenters. The van der Waals surface area contributed by atoms with Gasteiger partial charge in [0.15, 0.2) is 0 Å². The lowest BCUT2D eigenvalue weighted by atomic mass is 10.1. The molecule has 0 aliphatic rings. The molecule has 0 radical (unpaired) electrons. The number of methoxy groups -OCH3 is 1. The number of unbranched alkanes of at least 4 members (excludes halogenated alkanes) is 1. The van der Waals surface area contributed by atoms with E-state index in [9.17, 15) is 19.3 Å². The number of nitrogens with zero attached hydrogens (tertiary/aromatic N) is 1. The highest BCUT2D eigenvalue weighted by Gasteiger charge is 2.20. The molecule has 0 aliphatic carbocycles. The van der Waals surface area contributed by atoms with E-state index in [0.717, 1.165) is 24.6 Å². The van der Waals surface area contributed by atoms with E-state index in [1.807, 2.05) is 0 Å². The standard InChI is InChI=1S/C12H15FN2O4/c1-19-7-3-2-6-14-12(16)10-8-9(13)4-5-11(10)15(17)18/h4-5,8H,2-3,6-7H2,1H3,(H,14,16). The van der Waals surface area contributed by atoms with E-state index < -0.39 is 22.3 Å². The molecule has 7 heteroatoms. The minimum Gasteiger partial charge on any atom is -0.385 e. The highest BCUT2D eigenvalue weighted by Crippen LogP contribution is 2.19. The number of nitro benzene ring substituents is 1. The van der Waals surface area contributed by atoms with Crippen LogP contribution in [0.1, 0.15) is 23.2 Å². The summed E-state index contributed by atoms with van der Waals surface area (Å²) in [5, 5.41) is 13.3. The Morgan fingerprint density at radius 2 is 2.21 bits per heavy atom. The fourth-order valence-electron chi connectivity index (χ4n) is 1.52. The van der Waals surface area contributed by atoms with Crippen LogP contribution in [0.3, 0.4) is 0 Å². The molecule has 19 heavy (non-hydrogen) atoms. The molecule has 6 nitrogen and oxygen atoms in total. The number of amides is 1. The summed E-state index contributed by atoms with van der Waals surface area (Å²) < 4.78 is 17.9. The van der Waals surface area contributed by atoms with Crippen molar-refractivity contribution in [2.24, 2.45) is 0 Å². The van der Waals surface area contributed by atoms with Gasteiger partial charge in [0.05, 0.1) is 4.92 Å². The Bertz CT molecular complexity index is 465. The third-order valence-corrected chi connectivity index (χ3v) is 2.46. The van der Waals surface area contributed by atoms with Gasteiger partial charge in [-0.1, -0.05) is 0 Å². The summed E-state index contributed by atoms with van der Waals surface area (Å²) in [4.78, 5) is 21.8. The van der Waals surface area contributed by atoms with Crippen LogP contribution in [-0.4, -0.2) is 31.1 Å². The van der Waals surface area contributed by atoms with Crippen molar-refractivity contribution in [2.45, 2.75) is 12.8 Å². The van der Waals surface area contributed by atoms with Gasteiger partial charge in [-0.25, -0.2) is 4.39 Å². The van der Waals surface area contributed by atoms with E-state index in [1.54, 1.807) is 7.11 Å². The number of nitro groups is 1. The van der Waals surface area contributed by atoms with E-state index in [-0.39, 0.29) is 5.56 Å². The van der Waals surface area contributed by atoms with Gasteiger partial charge in [0.1, 0.15) is 11.4 Å². The van der Waals surface area contributed by atoms with Crippen LogP contribution >= 0.6 is 0 Å². The molecule has 0 saturated heterocycles. The number of rotatable bonds is 7. The van der Waals surface area contributed by atoms with Gasteiger partial charge in [-0.15, -0.1) is 0 Å². The summed E-state index contributed by atoms with van der Waals surface area (Å²) in [7, 11) is 1.58. The Morgan fingerprint density at radius 1 is 1.47 bits per heavy atom. The van der Waals surface area contributed by atoms with E-state index in [4.69, 9.17) is 4.74 Å². The largest absolute Gasteiger partial charge is 0.385 e. The van der Waals surface area contributed by atoms with Gasteiger partial charge in [0.25, 0.3) is 11.6 Å².